The lowest BCUT2D eigenvalue weighted by Gasteiger charge is -2.28. The first-order valence-corrected chi connectivity index (χ1v) is 11.8. The van der Waals surface area contributed by atoms with Crippen LogP contribution < -0.4 is 20.3 Å². The summed E-state index contributed by atoms with van der Waals surface area (Å²) in [7, 11) is 3.12. The summed E-state index contributed by atoms with van der Waals surface area (Å²) < 4.78 is 16.2. The van der Waals surface area contributed by atoms with Crippen LogP contribution in [0.4, 0.5) is 10.5 Å². The van der Waals surface area contributed by atoms with Gasteiger partial charge in [-0.2, -0.15) is 0 Å². The van der Waals surface area contributed by atoms with Crippen LogP contribution in [0.3, 0.4) is 0 Å². The van der Waals surface area contributed by atoms with Gasteiger partial charge in [-0.1, -0.05) is 18.2 Å². The third-order valence-electron chi connectivity index (χ3n) is 6.10. The maximum atomic E-state index is 13.2. The van der Waals surface area contributed by atoms with Crippen molar-refractivity contribution < 1.29 is 19.0 Å². The van der Waals surface area contributed by atoms with Crippen molar-refractivity contribution in [1.29, 1.82) is 0 Å². The number of rotatable bonds is 9. The van der Waals surface area contributed by atoms with Gasteiger partial charge in [0.15, 0.2) is 11.5 Å². The minimum Gasteiger partial charge on any atom is -0.493 e. The van der Waals surface area contributed by atoms with Crippen molar-refractivity contribution >= 4 is 22.6 Å². The Bertz CT molecular complexity index is 1190. The highest BCUT2D eigenvalue weighted by Gasteiger charge is 2.18. The smallest absolute Gasteiger partial charge is 0.322 e. The molecule has 35 heavy (non-hydrogen) atoms. The lowest BCUT2D eigenvalue weighted by atomic mass is 10.1. The van der Waals surface area contributed by atoms with E-state index >= 15 is 0 Å². The van der Waals surface area contributed by atoms with E-state index in [9.17, 15) is 9.59 Å². The molecule has 3 aromatic rings. The summed E-state index contributed by atoms with van der Waals surface area (Å²) in [5.41, 5.74) is 1.61. The topological polar surface area (TPSA) is 96.1 Å². The number of fused-ring (bicyclic) bond motifs is 1. The molecule has 0 spiro atoms. The summed E-state index contributed by atoms with van der Waals surface area (Å²) in [4.78, 5) is 33.0. The number of anilines is 1. The third kappa shape index (κ3) is 6.32. The highest BCUT2D eigenvalue weighted by atomic mass is 16.5. The summed E-state index contributed by atoms with van der Waals surface area (Å²) >= 11 is 0. The fraction of sp³-hybridized carbons (Fsp3) is 0.385. The van der Waals surface area contributed by atoms with Crippen molar-refractivity contribution in [3.63, 3.8) is 0 Å². The maximum Gasteiger partial charge on any atom is 0.322 e. The second-order valence-electron chi connectivity index (χ2n) is 8.44. The lowest BCUT2D eigenvalue weighted by molar-refractivity contribution is 0.0365. The van der Waals surface area contributed by atoms with Crippen LogP contribution in [0, 0.1) is 0 Å². The van der Waals surface area contributed by atoms with Gasteiger partial charge in [0.05, 0.1) is 39.5 Å². The number of aromatic nitrogens is 1. The number of nitrogens with one attached hydrogen (secondary N) is 2. The maximum absolute atomic E-state index is 13.2. The number of benzene rings is 2. The first-order valence-electron chi connectivity index (χ1n) is 11.8. The molecule has 1 fully saturated rings. The van der Waals surface area contributed by atoms with Crippen molar-refractivity contribution in [2.75, 3.05) is 58.9 Å². The fourth-order valence-electron chi connectivity index (χ4n) is 4.19. The first kappa shape index (κ1) is 24.6. The van der Waals surface area contributed by atoms with Crippen LogP contribution in [-0.2, 0) is 11.3 Å². The third-order valence-corrected chi connectivity index (χ3v) is 6.10. The summed E-state index contributed by atoms with van der Waals surface area (Å²) in [6, 6.07) is 14.4. The Labute approximate surface area is 204 Å². The number of hydrogen-bond donors (Lipinski definition) is 2. The van der Waals surface area contributed by atoms with Crippen LogP contribution in [0.2, 0.25) is 0 Å². The molecule has 1 aromatic heterocycles. The van der Waals surface area contributed by atoms with E-state index in [1.165, 1.54) is 0 Å². The monoisotopic (exact) mass is 480 g/mol. The quantitative estimate of drug-likeness (QED) is 0.488. The van der Waals surface area contributed by atoms with Gasteiger partial charge in [-0.05, 0) is 30.7 Å². The molecule has 1 aliphatic rings. The standard InChI is InChI=1S/C26H32N4O5/c1-33-23-16-19-15-20(25(31)28-22(19)17-24(23)34-2)18-30(10-6-9-29-11-13-35-14-12-29)26(32)27-21-7-4-3-5-8-21/h3-5,7-8,15-17H,6,9-14,18H2,1-2H3,(H,27,32)(H,28,31). The van der Waals surface area contributed by atoms with Crippen LogP contribution in [0.15, 0.2) is 53.3 Å². The number of ether oxygens (including phenoxy) is 3. The van der Waals surface area contributed by atoms with Gasteiger partial charge in [0, 0.05) is 48.9 Å². The van der Waals surface area contributed by atoms with Gasteiger partial charge in [0.25, 0.3) is 5.56 Å². The molecule has 0 bridgehead atoms. The molecule has 2 heterocycles. The molecular formula is C26H32N4O5. The Morgan fingerprint density at radius 2 is 1.80 bits per heavy atom. The number of aromatic amines is 1. The molecule has 0 saturated carbocycles. The minimum atomic E-state index is -0.245. The van der Waals surface area contributed by atoms with Gasteiger partial charge in [-0.25, -0.2) is 4.79 Å². The largest absolute Gasteiger partial charge is 0.493 e. The molecule has 2 amide bonds. The Hall–Kier alpha value is -3.56. The number of pyridine rings is 1. The van der Waals surface area contributed by atoms with Crippen LogP contribution in [0.1, 0.15) is 12.0 Å². The molecule has 0 aliphatic carbocycles. The minimum absolute atomic E-state index is 0.182. The summed E-state index contributed by atoms with van der Waals surface area (Å²) in [5, 5.41) is 3.75. The van der Waals surface area contributed by atoms with Crippen molar-refractivity contribution in [2.45, 2.75) is 13.0 Å². The number of carbonyl (C=O) groups is 1. The van der Waals surface area contributed by atoms with Crippen molar-refractivity contribution in [3.05, 3.63) is 64.4 Å². The Morgan fingerprint density at radius 3 is 2.51 bits per heavy atom. The van der Waals surface area contributed by atoms with Crippen LogP contribution in [-0.4, -0.2) is 74.4 Å². The molecule has 4 rings (SSSR count). The Morgan fingerprint density at radius 1 is 1.09 bits per heavy atom. The second-order valence-corrected chi connectivity index (χ2v) is 8.44. The molecule has 0 atom stereocenters. The predicted molar refractivity (Wildman–Crippen MR) is 135 cm³/mol. The zero-order valence-corrected chi connectivity index (χ0v) is 20.2. The molecule has 9 nitrogen and oxygen atoms in total. The normalized spacial score (nSPS) is 14.0. The summed E-state index contributed by atoms with van der Waals surface area (Å²) in [6.45, 7) is 4.82. The van der Waals surface area contributed by atoms with Gasteiger partial charge in [-0.3, -0.25) is 9.69 Å². The highest BCUT2D eigenvalue weighted by Crippen LogP contribution is 2.31. The fourth-order valence-corrected chi connectivity index (χ4v) is 4.19. The van der Waals surface area contributed by atoms with E-state index in [1.54, 1.807) is 31.3 Å². The second kappa shape index (κ2) is 11.7. The average Bonchev–Trinajstić information content (AvgIpc) is 2.88. The molecule has 2 N–H and O–H groups in total. The lowest BCUT2D eigenvalue weighted by Crippen LogP contribution is -2.40. The zero-order valence-electron chi connectivity index (χ0n) is 20.2. The molecule has 1 aliphatic heterocycles. The van der Waals surface area contributed by atoms with E-state index < -0.39 is 0 Å². The number of nitrogens with zero attached hydrogens (tertiary/aromatic N) is 2. The van der Waals surface area contributed by atoms with E-state index in [4.69, 9.17) is 14.2 Å². The Balaban J connectivity index is 1.55. The molecule has 186 valence electrons. The van der Waals surface area contributed by atoms with Gasteiger partial charge in [0.1, 0.15) is 0 Å². The number of amides is 2. The van der Waals surface area contributed by atoms with E-state index in [0.717, 1.165) is 44.7 Å². The molecule has 2 aromatic carbocycles. The van der Waals surface area contributed by atoms with E-state index in [1.807, 2.05) is 36.4 Å². The van der Waals surface area contributed by atoms with Gasteiger partial charge in [-0.15, -0.1) is 0 Å². The molecular weight excluding hydrogens is 448 g/mol. The van der Waals surface area contributed by atoms with E-state index in [-0.39, 0.29) is 18.1 Å². The number of hydrogen-bond acceptors (Lipinski definition) is 6. The number of urea groups is 1. The number of carbonyl (C=O) groups excluding carboxylic acids is 1. The van der Waals surface area contributed by atoms with Gasteiger partial charge >= 0.3 is 6.03 Å². The van der Waals surface area contributed by atoms with E-state index in [2.05, 4.69) is 15.2 Å². The predicted octanol–water partition coefficient (Wildman–Crippen LogP) is 3.30. The molecule has 0 radical (unpaired) electrons. The van der Waals surface area contributed by atoms with Crippen LogP contribution >= 0.6 is 0 Å². The van der Waals surface area contributed by atoms with Crippen molar-refractivity contribution in [1.82, 2.24) is 14.8 Å². The molecule has 0 unspecified atom stereocenters. The van der Waals surface area contributed by atoms with Crippen molar-refractivity contribution in [2.24, 2.45) is 0 Å². The number of H-pyrrole nitrogens is 1. The summed E-state index contributed by atoms with van der Waals surface area (Å²) in [6.07, 6.45) is 0.790. The number of methoxy groups -OCH3 is 2. The summed E-state index contributed by atoms with van der Waals surface area (Å²) in [5.74, 6) is 1.11. The van der Waals surface area contributed by atoms with Gasteiger partial charge in [0.2, 0.25) is 0 Å². The van der Waals surface area contributed by atoms with E-state index in [0.29, 0.717) is 34.8 Å². The number of morpholine rings is 1. The molecule has 9 heteroatoms. The van der Waals surface area contributed by atoms with Crippen LogP contribution in [0.5, 0.6) is 11.5 Å². The van der Waals surface area contributed by atoms with Gasteiger partial charge < -0.3 is 29.4 Å². The SMILES string of the molecule is COc1cc2cc(CN(CCCN3CCOCC3)C(=O)Nc3ccccc3)c(=O)[nH]c2cc1OC. The molecule has 1 saturated heterocycles. The highest BCUT2D eigenvalue weighted by molar-refractivity contribution is 5.89. The van der Waals surface area contributed by atoms with Crippen LogP contribution in [0.25, 0.3) is 10.9 Å². The van der Waals surface area contributed by atoms with Crippen molar-refractivity contribution in [3.8, 4) is 11.5 Å². The Kier molecular flexibility index (Phi) is 8.23. The first-order chi connectivity index (χ1) is 17.1. The number of para-hydroxylation sites is 1. The zero-order chi connectivity index (χ0) is 24.6. The average molecular weight is 481 g/mol.